The Morgan fingerprint density at radius 1 is 1.19 bits per heavy atom. The van der Waals surface area contributed by atoms with Crippen LogP contribution in [0.5, 0.6) is 5.75 Å². The maximum Gasteiger partial charge on any atom is 0.127 e. The van der Waals surface area contributed by atoms with E-state index >= 15 is 4.39 Å². The molecule has 0 spiro atoms. The number of rotatable bonds is 4. The molecular formula is C24H25F2N5O. The van der Waals surface area contributed by atoms with Gasteiger partial charge in [-0.3, -0.25) is 9.97 Å². The summed E-state index contributed by atoms with van der Waals surface area (Å²) in [5.41, 5.74) is 1.08. The predicted molar refractivity (Wildman–Crippen MR) is 118 cm³/mol. The summed E-state index contributed by atoms with van der Waals surface area (Å²) in [5.74, 6) is -0.485. The summed E-state index contributed by atoms with van der Waals surface area (Å²) in [6, 6.07) is 5.23. The van der Waals surface area contributed by atoms with Crippen LogP contribution in [-0.4, -0.2) is 48.0 Å². The number of nitrogens with zero attached hydrogens (tertiary/aromatic N) is 4. The number of allylic oxidation sites excluding steroid dienone is 1. The van der Waals surface area contributed by atoms with Gasteiger partial charge < -0.3 is 15.0 Å². The summed E-state index contributed by atoms with van der Waals surface area (Å²) >= 11 is 0. The Morgan fingerprint density at radius 3 is 2.66 bits per heavy atom. The van der Waals surface area contributed by atoms with E-state index < -0.39 is 29.3 Å². The number of fused-ring (bicyclic) bond motifs is 2. The molecule has 2 aliphatic heterocycles. The first kappa shape index (κ1) is 20.8. The summed E-state index contributed by atoms with van der Waals surface area (Å²) in [6.45, 7) is 7.63. The van der Waals surface area contributed by atoms with E-state index in [0.717, 1.165) is 5.69 Å². The normalized spacial score (nSPS) is 31.6. The largest absolute Gasteiger partial charge is 0.507 e. The smallest absolute Gasteiger partial charge is 0.127 e. The van der Waals surface area contributed by atoms with Crippen molar-refractivity contribution in [2.24, 2.45) is 5.92 Å². The zero-order valence-corrected chi connectivity index (χ0v) is 18.0. The van der Waals surface area contributed by atoms with Crippen LogP contribution in [0.3, 0.4) is 0 Å². The Morgan fingerprint density at radius 2 is 2.00 bits per heavy atom. The number of halogens is 2. The maximum absolute atomic E-state index is 15.4. The van der Waals surface area contributed by atoms with E-state index in [1.54, 1.807) is 49.3 Å². The number of phenols is 1. The fourth-order valence-electron chi connectivity index (χ4n) is 5.18. The number of imidazole rings is 1. The van der Waals surface area contributed by atoms with Gasteiger partial charge >= 0.3 is 0 Å². The molecule has 0 amide bonds. The number of aromatic nitrogens is 4. The standard InChI is InChI=1S/C24H25F2N5O/c1-14(17-9-23(2)21(25)10-24(3,30-23)22(17)26)18-11-29-19(12-28-18)16-5-4-15(8-20(16)32)31-7-6-27-13-31/h4-8,11-13,17,21-22,30,32H,1,9-10H2,2-3H3/t17-,21-,22-,23-,24-/m0/s1. The van der Waals surface area contributed by atoms with Crippen molar-refractivity contribution < 1.29 is 13.9 Å². The molecule has 5 rings (SSSR count). The first-order chi connectivity index (χ1) is 15.2. The number of aromatic hydroxyl groups is 1. The lowest BCUT2D eigenvalue weighted by molar-refractivity contribution is 0.0709. The van der Waals surface area contributed by atoms with Crippen molar-refractivity contribution >= 4 is 5.57 Å². The van der Waals surface area contributed by atoms with Crippen LogP contribution in [-0.2, 0) is 0 Å². The van der Waals surface area contributed by atoms with Crippen molar-refractivity contribution in [3.8, 4) is 22.7 Å². The molecule has 3 aromatic rings. The molecule has 4 heterocycles. The highest BCUT2D eigenvalue weighted by molar-refractivity contribution is 5.70. The van der Waals surface area contributed by atoms with Crippen LogP contribution >= 0.6 is 0 Å². The van der Waals surface area contributed by atoms with Crippen LogP contribution in [0.25, 0.3) is 22.5 Å². The van der Waals surface area contributed by atoms with Gasteiger partial charge in [-0.05, 0) is 38.0 Å². The highest BCUT2D eigenvalue weighted by Crippen LogP contribution is 2.50. The molecule has 0 unspecified atom stereocenters. The third-order valence-corrected chi connectivity index (χ3v) is 6.96. The third-order valence-electron chi connectivity index (χ3n) is 6.96. The number of benzene rings is 1. The lowest BCUT2D eigenvalue weighted by Crippen LogP contribution is -2.61. The van der Waals surface area contributed by atoms with Crippen LogP contribution in [0.4, 0.5) is 8.78 Å². The molecule has 1 aromatic carbocycles. The van der Waals surface area contributed by atoms with E-state index in [1.165, 1.54) is 12.4 Å². The van der Waals surface area contributed by atoms with E-state index in [-0.39, 0.29) is 12.2 Å². The van der Waals surface area contributed by atoms with Gasteiger partial charge in [0.15, 0.2) is 0 Å². The summed E-state index contributed by atoms with van der Waals surface area (Å²) in [7, 11) is 0. The predicted octanol–water partition coefficient (Wildman–Crippen LogP) is 4.25. The van der Waals surface area contributed by atoms with E-state index in [2.05, 4.69) is 26.8 Å². The number of piperidine rings is 1. The second-order valence-corrected chi connectivity index (χ2v) is 9.33. The number of phenolic OH excluding ortho intramolecular Hbond substituents is 1. The van der Waals surface area contributed by atoms with Gasteiger partial charge in [0, 0.05) is 41.9 Å². The number of alkyl halides is 2. The molecule has 6 nitrogen and oxygen atoms in total. The van der Waals surface area contributed by atoms with E-state index in [0.29, 0.717) is 28.9 Å². The molecule has 32 heavy (non-hydrogen) atoms. The summed E-state index contributed by atoms with van der Waals surface area (Å²) in [4.78, 5) is 12.9. The van der Waals surface area contributed by atoms with Gasteiger partial charge in [0.1, 0.15) is 18.1 Å². The van der Waals surface area contributed by atoms with Crippen LogP contribution in [0.1, 0.15) is 32.4 Å². The molecule has 2 saturated heterocycles. The van der Waals surface area contributed by atoms with Gasteiger partial charge in [-0.2, -0.15) is 0 Å². The highest BCUT2D eigenvalue weighted by atomic mass is 19.1. The Balaban J connectivity index is 1.39. The molecule has 0 radical (unpaired) electrons. The van der Waals surface area contributed by atoms with Crippen LogP contribution < -0.4 is 5.32 Å². The Bertz CT molecular complexity index is 1170. The van der Waals surface area contributed by atoms with E-state index in [9.17, 15) is 9.50 Å². The number of hydrogen-bond acceptors (Lipinski definition) is 5. The van der Waals surface area contributed by atoms with Crippen LogP contribution in [0, 0.1) is 5.92 Å². The summed E-state index contributed by atoms with van der Waals surface area (Å²) in [6.07, 6.45) is 6.24. The average Bonchev–Trinajstić information content (AvgIpc) is 3.37. The zero-order valence-electron chi connectivity index (χ0n) is 18.0. The molecule has 5 atom stereocenters. The molecule has 2 aliphatic rings. The Labute approximate surface area is 185 Å². The van der Waals surface area contributed by atoms with Crippen molar-refractivity contribution in [3.63, 3.8) is 0 Å². The van der Waals surface area contributed by atoms with E-state index in [4.69, 9.17) is 0 Å². The SMILES string of the molecule is C=C(c1cnc(-c2ccc(-n3ccnc3)cc2O)cn1)[C@@H]1C[C@]2(C)N[C@@](C)(C[C@@H]2F)[C@H]1F. The molecule has 2 N–H and O–H groups in total. The molecule has 166 valence electrons. The molecule has 2 aromatic heterocycles. The highest BCUT2D eigenvalue weighted by Gasteiger charge is 2.60. The Hall–Kier alpha value is -3.13. The number of hydrogen-bond donors (Lipinski definition) is 2. The van der Waals surface area contributed by atoms with Crippen molar-refractivity contribution in [2.75, 3.05) is 0 Å². The van der Waals surface area contributed by atoms with Crippen LogP contribution in [0.2, 0.25) is 0 Å². The second-order valence-electron chi connectivity index (χ2n) is 9.33. The Kier molecular flexibility index (Phi) is 4.67. The quantitative estimate of drug-likeness (QED) is 0.638. The minimum Gasteiger partial charge on any atom is -0.507 e. The number of nitrogens with one attached hydrogen (secondary N) is 1. The third kappa shape index (κ3) is 3.21. The molecular weight excluding hydrogens is 412 g/mol. The van der Waals surface area contributed by atoms with Gasteiger partial charge in [0.2, 0.25) is 0 Å². The minimum absolute atomic E-state index is 0.0608. The summed E-state index contributed by atoms with van der Waals surface area (Å²) in [5, 5.41) is 13.7. The van der Waals surface area contributed by atoms with E-state index in [1.807, 2.05) is 6.07 Å². The minimum atomic E-state index is -1.27. The van der Waals surface area contributed by atoms with Crippen molar-refractivity contribution in [1.82, 2.24) is 24.8 Å². The topological polar surface area (TPSA) is 75.9 Å². The van der Waals surface area contributed by atoms with Gasteiger partial charge in [-0.15, -0.1) is 0 Å². The van der Waals surface area contributed by atoms with Crippen molar-refractivity contribution in [1.29, 1.82) is 0 Å². The van der Waals surface area contributed by atoms with Gasteiger partial charge in [-0.25, -0.2) is 13.8 Å². The first-order valence-corrected chi connectivity index (χ1v) is 10.6. The fraction of sp³-hybridized carbons (Fsp3) is 0.375. The van der Waals surface area contributed by atoms with Gasteiger partial charge in [0.05, 0.1) is 41.3 Å². The van der Waals surface area contributed by atoms with Crippen molar-refractivity contribution in [3.05, 3.63) is 61.6 Å². The summed E-state index contributed by atoms with van der Waals surface area (Å²) < 4.78 is 31.8. The fourth-order valence-corrected chi connectivity index (χ4v) is 5.18. The lowest BCUT2D eigenvalue weighted by Gasteiger charge is -2.45. The van der Waals surface area contributed by atoms with Gasteiger partial charge in [0.25, 0.3) is 0 Å². The zero-order chi connectivity index (χ0) is 22.7. The van der Waals surface area contributed by atoms with Crippen molar-refractivity contribution in [2.45, 2.75) is 50.1 Å². The molecule has 2 fully saturated rings. The maximum atomic E-state index is 15.4. The average molecular weight is 437 g/mol. The molecule has 0 saturated carbocycles. The monoisotopic (exact) mass is 437 g/mol. The van der Waals surface area contributed by atoms with Gasteiger partial charge in [-0.1, -0.05) is 6.58 Å². The molecule has 0 aliphatic carbocycles. The lowest BCUT2D eigenvalue weighted by atomic mass is 9.75. The van der Waals surface area contributed by atoms with Crippen LogP contribution in [0.15, 0.2) is 55.9 Å². The second kappa shape index (κ2) is 7.20. The molecule has 2 bridgehead atoms. The first-order valence-electron chi connectivity index (χ1n) is 10.6. The molecule has 8 heteroatoms.